The summed E-state index contributed by atoms with van der Waals surface area (Å²) < 4.78 is 5.40. The summed E-state index contributed by atoms with van der Waals surface area (Å²) in [6.07, 6.45) is 3.69. The number of amidine groups is 1. The molecule has 1 fully saturated rings. The molecule has 3 heterocycles. The van der Waals surface area contributed by atoms with Crippen molar-refractivity contribution in [3.63, 3.8) is 0 Å². The van der Waals surface area contributed by atoms with E-state index in [0.29, 0.717) is 24.7 Å². The van der Waals surface area contributed by atoms with Crippen LogP contribution in [-0.2, 0) is 4.74 Å². The Morgan fingerprint density at radius 3 is 2.81 bits per heavy atom. The van der Waals surface area contributed by atoms with Crippen LogP contribution in [0.2, 0.25) is 0 Å². The zero-order valence-corrected chi connectivity index (χ0v) is 15.3. The lowest BCUT2D eigenvalue weighted by molar-refractivity contribution is 0.122. The Hall–Kier alpha value is -2.91. The van der Waals surface area contributed by atoms with Crippen molar-refractivity contribution >= 4 is 38.8 Å². The molecule has 0 aliphatic carbocycles. The highest BCUT2D eigenvalue weighted by Crippen LogP contribution is 2.29. The Balaban J connectivity index is 1.71. The third kappa shape index (κ3) is 3.64. The van der Waals surface area contributed by atoms with Gasteiger partial charge in [0.2, 0.25) is 5.95 Å². The number of benzene rings is 1. The van der Waals surface area contributed by atoms with Gasteiger partial charge < -0.3 is 20.4 Å². The number of hydrogen-bond donors (Lipinski definition) is 4. The molecule has 0 spiro atoms. The summed E-state index contributed by atoms with van der Waals surface area (Å²) in [6.45, 7) is 2.92. The van der Waals surface area contributed by atoms with E-state index in [2.05, 4.69) is 14.9 Å². The fourth-order valence-electron chi connectivity index (χ4n) is 3.06. The molecule has 5 N–H and O–H groups in total. The Labute approximate surface area is 160 Å². The number of aromatic amines is 1. The number of morpholine rings is 1. The maximum Gasteiger partial charge on any atom is 0.226 e. The smallest absolute Gasteiger partial charge is 0.226 e. The average Bonchev–Trinajstić information content (AvgIpc) is 3.11. The van der Waals surface area contributed by atoms with Crippen molar-refractivity contribution in [1.29, 1.82) is 10.8 Å². The molecule has 9 heteroatoms. The van der Waals surface area contributed by atoms with E-state index in [-0.39, 0.29) is 10.2 Å². The van der Waals surface area contributed by atoms with Crippen LogP contribution < -0.4 is 10.6 Å². The summed E-state index contributed by atoms with van der Waals surface area (Å²) in [5, 5.41) is 16.6. The first-order chi connectivity index (χ1) is 13.1. The summed E-state index contributed by atoms with van der Waals surface area (Å²) in [4.78, 5) is 14.5. The molecule has 4 rings (SSSR count). The number of aromatic nitrogens is 3. The molecule has 0 radical (unpaired) electrons. The molecule has 0 amide bonds. The standard InChI is InChI=1S/C18H19N7OS/c19-16(27-17(20)21)11-1-2-14-12(9-11)13(10-23-14)15-3-4-22-18(24-15)25-5-7-26-8-6-25/h1-4,9-10,19,23H,5-8H2,(H3,20,21). The van der Waals surface area contributed by atoms with Gasteiger partial charge in [0.25, 0.3) is 0 Å². The van der Waals surface area contributed by atoms with E-state index in [4.69, 9.17) is 26.3 Å². The fourth-order valence-corrected chi connectivity index (χ4v) is 3.52. The lowest BCUT2D eigenvalue weighted by Crippen LogP contribution is -2.37. The Bertz CT molecular complexity index is 1010. The number of ether oxygens (including phenoxy) is 1. The predicted molar refractivity (Wildman–Crippen MR) is 109 cm³/mol. The van der Waals surface area contributed by atoms with Crippen molar-refractivity contribution in [3.05, 3.63) is 42.2 Å². The number of anilines is 1. The molecule has 1 aromatic carbocycles. The van der Waals surface area contributed by atoms with Crippen LogP contribution in [0.15, 0.2) is 36.7 Å². The summed E-state index contributed by atoms with van der Waals surface area (Å²) in [5.74, 6) is 0.696. The summed E-state index contributed by atoms with van der Waals surface area (Å²) in [5.41, 5.74) is 8.84. The van der Waals surface area contributed by atoms with Crippen LogP contribution in [0.1, 0.15) is 5.56 Å². The Kier molecular flexibility index (Phi) is 4.78. The summed E-state index contributed by atoms with van der Waals surface area (Å²) >= 11 is 0.932. The topological polar surface area (TPSA) is 128 Å². The van der Waals surface area contributed by atoms with Gasteiger partial charge in [-0.3, -0.25) is 10.8 Å². The normalized spacial score (nSPS) is 14.4. The Morgan fingerprint density at radius 2 is 2.04 bits per heavy atom. The van der Waals surface area contributed by atoms with Crippen molar-refractivity contribution in [2.45, 2.75) is 0 Å². The highest BCUT2D eigenvalue weighted by atomic mass is 32.2. The maximum absolute atomic E-state index is 8.12. The van der Waals surface area contributed by atoms with Crippen LogP contribution in [0.3, 0.4) is 0 Å². The number of nitrogens with zero attached hydrogens (tertiary/aromatic N) is 3. The van der Waals surface area contributed by atoms with Crippen molar-refractivity contribution in [2.24, 2.45) is 5.73 Å². The van der Waals surface area contributed by atoms with Crippen molar-refractivity contribution in [3.8, 4) is 11.3 Å². The first-order valence-electron chi connectivity index (χ1n) is 8.50. The van der Waals surface area contributed by atoms with Gasteiger partial charge in [-0.1, -0.05) is 6.07 Å². The van der Waals surface area contributed by atoms with Crippen LogP contribution in [0.4, 0.5) is 5.95 Å². The predicted octanol–water partition coefficient (Wildman–Crippen LogP) is 2.41. The molecule has 2 aromatic heterocycles. The lowest BCUT2D eigenvalue weighted by Gasteiger charge is -2.26. The Morgan fingerprint density at radius 1 is 1.22 bits per heavy atom. The second-order valence-electron chi connectivity index (χ2n) is 6.10. The van der Waals surface area contributed by atoms with Gasteiger partial charge in [0.1, 0.15) is 5.04 Å². The summed E-state index contributed by atoms with van der Waals surface area (Å²) in [7, 11) is 0. The fraction of sp³-hybridized carbons (Fsp3) is 0.222. The van der Waals surface area contributed by atoms with Crippen LogP contribution in [0.25, 0.3) is 22.2 Å². The van der Waals surface area contributed by atoms with Crippen LogP contribution >= 0.6 is 11.8 Å². The zero-order valence-electron chi connectivity index (χ0n) is 14.5. The van der Waals surface area contributed by atoms with Gasteiger partial charge in [-0.25, -0.2) is 9.97 Å². The van der Waals surface area contributed by atoms with Gasteiger partial charge in [0.05, 0.1) is 18.9 Å². The molecule has 1 saturated heterocycles. The van der Waals surface area contributed by atoms with Gasteiger partial charge in [-0.05, 0) is 30.0 Å². The molecule has 0 atom stereocenters. The van der Waals surface area contributed by atoms with Gasteiger partial charge in [-0.15, -0.1) is 0 Å². The molecule has 0 bridgehead atoms. The number of nitrogens with two attached hydrogens (primary N) is 1. The second kappa shape index (κ2) is 7.37. The molecule has 0 saturated carbocycles. The molecule has 27 heavy (non-hydrogen) atoms. The second-order valence-corrected chi connectivity index (χ2v) is 7.15. The molecule has 1 aliphatic rings. The van der Waals surface area contributed by atoms with Crippen LogP contribution in [0.5, 0.6) is 0 Å². The van der Waals surface area contributed by atoms with Gasteiger partial charge in [-0.2, -0.15) is 0 Å². The molecular weight excluding hydrogens is 362 g/mol. The first-order valence-corrected chi connectivity index (χ1v) is 9.31. The quantitative estimate of drug-likeness (QED) is 0.407. The highest BCUT2D eigenvalue weighted by molar-refractivity contribution is 8.26. The molecule has 1 aliphatic heterocycles. The minimum Gasteiger partial charge on any atom is -0.378 e. The highest BCUT2D eigenvalue weighted by Gasteiger charge is 2.16. The van der Waals surface area contributed by atoms with Crippen molar-refractivity contribution in [1.82, 2.24) is 15.0 Å². The average molecular weight is 381 g/mol. The number of H-pyrrole nitrogens is 1. The monoisotopic (exact) mass is 381 g/mol. The van der Waals surface area contributed by atoms with Gasteiger partial charge in [0, 0.05) is 47.5 Å². The van der Waals surface area contributed by atoms with E-state index in [1.807, 2.05) is 30.5 Å². The van der Waals surface area contributed by atoms with Crippen molar-refractivity contribution < 1.29 is 4.74 Å². The lowest BCUT2D eigenvalue weighted by atomic mass is 10.1. The van der Waals surface area contributed by atoms with Crippen LogP contribution in [-0.4, -0.2) is 51.5 Å². The minimum atomic E-state index is -0.0969. The van der Waals surface area contributed by atoms with E-state index < -0.39 is 0 Å². The van der Waals surface area contributed by atoms with E-state index in [9.17, 15) is 0 Å². The molecule has 3 aromatic rings. The minimum absolute atomic E-state index is 0.0969. The van der Waals surface area contributed by atoms with E-state index in [0.717, 1.165) is 47.0 Å². The number of nitrogens with one attached hydrogen (secondary N) is 3. The molecular formula is C18H19N7OS. The van der Waals surface area contributed by atoms with E-state index >= 15 is 0 Å². The van der Waals surface area contributed by atoms with E-state index in [1.165, 1.54) is 0 Å². The molecule has 138 valence electrons. The van der Waals surface area contributed by atoms with Crippen LogP contribution in [0, 0.1) is 10.8 Å². The third-order valence-electron chi connectivity index (χ3n) is 4.37. The number of rotatable bonds is 3. The van der Waals surface area contributed by atoms with Gasteiger partial charge in [0.15, 0.2) is 5.17 Å². The van der Waals surface area contributed by atoms with Crippen molar-refractivity contribution in [2.75, 3.05) is 31.2 Å². The first kappa shape index (κ1) is 17.5. The largest absolute Gasteiger partial charge is 0.378 e. The van der Waals surface area contributed by atoms with Gasteiger partial charge >= 0.3 is 0 Å². The van der Waals surface area contributed by atoms with E-state index in [1.54, 1.807) is 6.20 Å². The number of thioether (sulfide) groups is 1. The number of hydrogen-bond acceptors (Lipinski definition) is 7. The molecule has 8 nitrogen and oxygen atoms in total. The SMILES string of the molecule is N=C(N)SC(=N)c1ccc2[nH]cc(-c3ccnc(N4CCOCC4)n3)c2c1. The third-order valence-corrected chi connectivity index (χ3v) is 5.03. The maximum atomic E-state index is 8.12. The number of fused-ring (bicyclic) bond motifs is 1. The zero-order chi connectivity index (χ0) is 18.8. The summed E-state index contributed by atoms with van der Waals surface area (Å²) in [6, 6.07) is 7.58. The molecule has 0 unspecified atom stereocenters.